The van der Waals surface area contributed by atoms with E-state index in [0.29, 0.717) is 11.5 Å². The van der Waals surface area contributed by atoms with Crippen LogP contribution >= 0.6 is 0 Å². The van der Waals surface area contributed by atoms with Crippen LogP contribution in [-0.4, -0.2) is 41.7 Å². The molecule has 6 heteroatoms. The van der Waals surface area contributed by atoms with Crippen LogP contribution in [0.15, 0.2) is 36.7 Å². The number of fused-ring (bicyclic) bond motifs is 1. The SMILES string of the molecule is COc1ccc(-c2cc3nccn3c(N3CCC(C)CC3)n2)cc1OC. The molecule has 0 unspecified atom stereocenters. The highest BCUT2D eigenvalue weighted by Gasteiger charge is 2.20. The number of methoxy groups -OCH3 is 2. The van der Waals surface area contributed by atoms with E-state index in [9.17, 15) is 0 Å². The summed E-state index contributed by atoms with van der Waals surface area (Å²) in [6.07, 6.45) is 6.19. The quantitative estimate of drug-likeness (QED) is 0.717. The van der Waals surface area contributed by atoms with Gasteiger partial charge < -0.3 is 14.4 Å². The van der Waals surface area contributed by atoms with Crippen molar-refractivity contribution in [2.24, 2.45) is 5.92 Å². The van der Waals surface area contributed by atoms with Gasteiger partial charge in [0.05, 0.1) is 19.9 Å². The summed E-state index contributed by atoms with van der Waals surface area (Å²) in [5, 5.41) is 0. The lowest BCUT2D eigenvalue weighted by Gasteiger charge is -2.31. The average Bonchev–Trinajstić information content (AvgIpc) is 3.16. The first-order chi connectivity index (χ1) is 12.7. The van der Waals surface area contributed by atoms with Crippen molar-refractivity contribution in [3.8, 4) is 22.8 Å². The number of anilines is 1. The molecule has 6 nitrogen and oxygen atoms in total. The topological polar surface area (TPSA) is 51.9 Å². The van der Waals surface area contributed by atoms with Crippen LogP contribution in [0.4, 0.5) is 5.95 Å². The molecule has 136 valence electrons. The van der Waals surface area contributed by atoms with Crippen LogP contribution in [0.2, 0.25) is 0 Å². The van der Waals surface area contributed by atoms with Gasteiger partial charge in [-0.05, 0) is 37.0 Å². The van der Waals surface area contributed by atoms with Gasteiger partial charge in [0, 0.05) is 37.1 Å². The molecule has 1 aliphatic rings. The number of ether oxygens (including phenoxy) is 2. The van der Waals surface area contributed by atoms with Gasteiger partial charge in [0.1, 0.15) is 5.65 Å². The fraction of sp³-hybridized carbons (Fsp3) is 0.400. The van der Waals surface area contributed by atoms with E-state index in [1.807, 2.05) is 36.7 Å². The monoisotopic (exact) mass is 352 g/mol. The second-order valence-electron chi connectivity index (χ2n) is 6.84. The summed E-state index contributed by atoms with van der Waals surface area (Å²) in [6.45, 7) is 4.37. The molecular formula is C20H24N4O2. The highest BCUT2D eigenvalue weighted by Crippen LogP contribution is 2.33. The molecule has 1 saturated heterocycles. The Hall–Kier alpha value is -2.76. The van der Waals surface area contributed by atoms with Gasteiger partial charge in [0.2, 0.25) is 5.95 Å². The first-order valence-electron chi connectivity index (χ1n) is 9.01. The van der Waals surface area contributed by atoms with Crippen molar-refractivity contribution in [1.29, 1.82) is 0 Å². The molecule has 26 heavy (non-hydrogen) atoms. The van der Waals surface area contributed by atoms with E-state index in [1.165, 1.54) is 12.8 Å². The Bertz CT molecular complexity index is 913. The molecule has 3 aromatic rings. The Morgan fingerprint density at radius 1 is 1.04 bits per heavy atom. The van der Waals surface area contributed by atoms with Gasteiger partial charge in [-0.2, -0.15) is 0 Å². The second-order valence-corrected chi connectivity index (χ2v) is 6.84. The van der Waals surface area contributed by atoms with Gasteiger partial charge in [-0.25, -0.2) is 9.97 Å². The summed E-state index contributed by atoms with van der Waals surface area (Å²) in [7, 11) is 3.29. The van der Waals surface area contributed by atoms with Gasteiger partial charge in [-0.1, -0.05) is 6.92 Å². The van der Waals surface area contributed by atoms with Gasteiger partial charge in [-0.3, -0.25) is 4.40 Å². The third-order valence-corrected chi connectivity index (χ3v) is 5.12. The molecule has 0 saturated carbocycles. The maximum atomic E-state index is 5.45. The fourth-order valence-corrected chi connectivity index (χ4v) is 3.48. The molecule has 0 atom stereocenters. The van der Waals surface area contributed by atoms with Crippen molar-refractivity contribution in [2.45, 2.75) is 19.8 Å². The van der Waals surface area contributed by atoms with E-state index >= 15 is 0 Å². The number of imidazole rings is 1. The van der Waals surface area contributed by atoms with Gasteiger partial charge in [0.15, 0.2) is 11.5 Å². The summed E-state index contributed by atoms with van der Waals surface area (Å²) in [5.74, 6) is 3.14. The number of hydrogen-bond acceptors (Lipinski definition) is 5. The zero-order valence-electron chi connectivity index (χ0n) is 15.5. The summed E-state index contributed by atoms with van der Waals surface area (Å²) in [4.78, 5) is 11.8. The summed E-state index contributed by atoms with van der Waals surface area (Å²) >= 11 is 0. The lowest BCUT2D eigenvalue weighted by atomic mass is 10.00. The van der Waals surface area contributed by atoms with Crippen LogP contribution in [0.25, 0.3) is 16.9 Å². The molecule has 0 spiro atoms. The number of piperidine rings is 1. The van der Waals surface area contributed by atoms with Crippen LogP contribution in [0.3, 0.4) is 0 Å². The first kappa shape index (κ1) is 16.7. The average molecular weight is 352 g/mol. The van der Waals surface area contributed by atoms with Gasteiger partial charge in [-0.15, -0.1) is 0 Å². The van der Waals surface area contributed by atoms with Crippen LogP contribution in [0.1, 0.15) is 19.8 Å². The largest absolute Gasteiger partial charge is 0.493 e. The normalized spacial score (nSPS) is 15.4. The Labute approximate surface area is 153 Å². The van der Waals surface area contributed by atoms with Gasteiger partial charge in [0.25, 0.3) is 0 Å². The van der Waals surface area contributed by atoms with Crippen LogP contribution in [-0.2, 0) is 0 Å². The van der Waals surface area contributed by atoms with E-state index in [0.717, 1.165) is 41.9 Å². The third-order valence-electron chi connectivity index (χ3n) is 5.12. The number of rotatable bonds is 4. The van der Waals surface area contributed by atoms with Crippen LogP contribution in [0.5, 0.6) is 11.5 Å². The van der Waals surface area contributed by atoms with Crippen LogP contribution in [0, 0.1) is 5.92 Å². The van der Waals surface area contributed by atoms with E-state index in [4.69, 9.17) is 14.5 Å². The highest BCUT2D eigenvalue weighted by atomic mass is 16.5. The van der Waals surface area contributed by atoms with E-state index in [2.05, 4.69) is 21.2 Å². The molecule has 0 N–H and O–H groups in total. The molecule has 4 rings (SSSR count). The van der Waals surface area contributed by atoms with Gasteiger partial charge >= 0.3 is 0 Å². The van der Waals surface area contributed by atoms with Crippen molar-refractivity contribution in [2.75, 3.05) is 32.2 Å². The number of hydrogen-bond donors (Lipinski definition) is 0. The van der Waals surface area contributed by atoms with Crippen molar-refractivity contribution in [1.82, 2.24) is 14.4 Å². The van der Waals surface area contributed by atoms with E-state index < -0.39 is 0 Å². The highest BCUT2D eigenvalue weighted by molar-refractivity contribution is 5.69. The fourth-order valence-electron chi connectivity index (χ4n) is 3.48. The molecule has 1 aromatic carbocycles. The van der Waals surface area contributed by atoms with Crippen molar-refractivity contribution in [3.63, 3.8) is 0 Å². The minimum atomic E-state index is 0.698. The minimum Gasteiger partial charge on any atom is -0.493 e. The lowest BCUT2D eigenvalue weighted by molar-refractivity contribution is 0.355. The summed E-state index contributed by atoms with van der Waals surface area (Å²) < 4.78 is 12.9. The van der Waals surface area contributed by atoms with Crippen molar-refractivity contribution >= 4 is 11.6 Å². The molecule has 0 amide bonds. The smallest absolute Gasteiger partial charge is 0.211 e. The number of aromatic nitrogens is 3. The predicted octanol–water partition coefficient (Wildman–Crippen LogP) is 3.65. The number of nitrogens with zero attached hydrogens (tertiary/aromatic N) is 4. The van der Waals surface area contributed by atoms with E-state index in [-0.39, 0.29) is 0 Å². The summed E-state index contributed by atoms with van der Waals surface area (Å²) in [5.41, 5.74) is 2.77. The molecule has 1 aliphatic heterocycles. The van der Waals surface area contributed by atoms with E-state index in [1.54, 1.807) is 14.2 Å². The Balaban J connectivity index is 1.79. The molecular weight excluding hydrogens is 328 g/mol. The van der Waals surface area contributed by atoms with Crippen molar-refractivity contribution in [3.05, 3.63) is 36.7 Å². The standard InChI is InChI=1S/C20H24N4O2/c1-14-6-9-23(10-7-14)20-22-16(13-19-21-8-11-24(19)20)15-4-5-17(25-2)18(12-15)26-3/h4-5,8,11-14H,6-7,9-10H2,1-3H3. The molecule has 1 fully saturated rings. The molecule has 3 heterocycles. The zero-order chi connectivity index (χ0) is 18.1. The predicted molar refractivity (Wildman–Crippen MR) is 102 cm³/mol. The van der Waals surface area contributed by atoms with Crippen LogP contribution < -0.4 is 14.4 Å². The summed E-state index contributed by atoms with van der Waals surface area (Å²) in [6, 6.07) is 7.89. The lowest BCUT2D eigenvalue weighted by Crippen LogP contribution is -2.34. The Kier molecular flexibility index (Phi) is 4.41. The second kappa shape index (κ2) is 6.86. The van der Waals surface area contributed by atoms with Crippen molar-refractivity contribution < 1.29 is 9.47 Å². The molecule has 0 radical (unpaired) electrons. The maximum absolute atomic E-state index is 5.45. The molecule has 0 aliphatic carbocycles. The minimum absolute atomic E-state index is 0.698. The zero-order valence-corrected chi connectivity index (χ0v) is 15.5. The Morgan fingerprint density at radius 3 is 2.54 bits per heavy atom. The maximum Gasteiger partial charge on any atom is 0.211 e. The Morgan fingerprint density at radius 2 is 1.81 bits per heavy atom. The number of benzene rings is 1. The third kappa shape index (κ3) is 2.96. The molecule has 0 bridgehead atoms. The molecule has 2 aromatic heterocycles. The first-order valence-corrected chi connectivity index (χ1v) is 9.01.